The lowest BCUT2D eigenvalue weighted by atomic mass is 9.99. The molecule has 4 aromatic rings. The number of nitrogens with zero attached hydrogens (tertiary/aromatic N) is 4. The van der Waals surface area contributed by atoms with E-state index in [0.29, 0.717) is 48.7 Å². The number of nitrogens with one attached hydrogen (secondary N) is 3. The van der Waals surface area contributed by atoms with Crippen molar-refractivity contribution in [1.29, 1.82) is 0 Å². The quantitative estimate of drug-likeness (QED) is 0.290. The summed E-state index contributed by atoms with van der Waals surface area (Å²) in [4.78, 5) is 32.6. The zero-order valence-corrected chi connectivity index (χ0v) is 23.9. The molecule has 0 bridgehead atoms. The fourth-order valence-corrected chi connectivity index (χ4v) is 5.78. The van der Waals surface area contributed by atoms with E-state index in [1.54, 1.807) is 19.2 Å². The molecule has 3 N–H and O–H groups in total. The molecule has 10 nitrogen and oxygen atoms in total. The summed E-state index contributed by atoms with van der Waals surface area (Å²) in [5.74, 6) is 0.0213. The Bertz CT molecular complexity index is 1630. The summed E-state index contributed by atoms with van der Waals surface area (Å²) in [6.45, 7) is 6.17. The molecule has 0 spiro atoms. The minimum absolute atomic E-state index is 0.0390. The first kappa shape index (κ1) is 29.4. The largest absolute Gasteiger partial charge is 0.496 e. The van der Waals surface area contributed by atoms with Crippen molar-refractivity contribution >= 4 is 11.4 Å². The number of hydrogen-bond donors (Lipinski definition) is 3. The van der Waals surface area contributed by atoms with Gasteiger partial charge in [0.25, 0.3) is 11.5 Å². The maximum atomic E-state index is 13.7. The van der Waals surface area contributed by atoms with Gasteiger partial charge in [-0.15, -0.1) is 0 Å². The van der Waals surface area contributed by atoms with E-state index in [-0.39, 0.29) is 24.1 Å². The van der Waals surface area contributed by atoms with Crippen LogP contribution in [0.15, 0.2) is 41.5 Å². The van der Waals surface area contributed by atoms with Gasteiger partial charge in [-0.2, -0.15) is 18.3 Å². The van der Waals surface area contributed by atoms with Crippen molar-refractivity contribution in [1.82, 2.24) is 34.7 Å². The van der Waals surface area contributed by atoms with Gasteiger partial charge >= 0.3 is 6.18 Å². The molecule has 0 aromatic carbocycles. The highest BCUT2D eigenvalue weighted by molar-refractivity contribution is 5.98. The van der Waals surface area contributed by atoms with Crippen LogP contribution in [0, 0.1) is 13.8 Å². The number of aromatic nitrogens is 4. The molecule has 1 saturated heterocycles. The summed E-state index contributed by atoms with van der Waals surface area (Å²) in [5.41, 5.74) is 5.05. The first-order chi connectivity index (χ1) is 20.0. The van der Waals surface area contributed by atoms with Gasteiger partial charge in [-0.25, -0.2) is 0 Å². The molecule has 0 unspecified atom stereocenters. The molecule has 1 aliphatic rings. The Morgan fingerprint density at radius 2 is 1.90 bits per heavy atom. The third-order valence-corrected chi connectivity index (χ3v) is 7.92. The summed E-state index contributed by atoms with van der Waals surface area (Å²) in [7, 11) is 1.47. The smallest absolute Gasteiger partial charge is 0.401 e. The SMILES string of the molecule is COc1cc(C)[nH]c(=O)c1CNC(=O)c1cc2c(-c3ccn[nH]3)ccn2c([C@H](C)N2CCN(CC(F)(F)F)CC2)c1C. The first-order valence-electron chi connectivity index (χ1n) is 13.7. The Labute approximate surface area is 240 Å². The third-order valence-electron chi connectivity index (χ3n) is 7.92. The molecule has 5 heterocycles. The number of ether oxygens (including phenoxy) is 1. The third kappa shape index (κ3) is 5.93. The second-order valence-electron chi connectivity index (χ2n) is 10.6. The molecule has 13 heteroatoms. The summed E-state index contributed by atoms with van der Waals surface area (Å²) >= 11 is 0. The van der Waals surface area contributed by atoms with Crippen molar-refractivity contribution in [3.05, 3.63) is 75.1 Å². The second kappa shape index (κ2) is 11.6. The van der Waals surface area contributed by atoms with Gasteiger partial charge in [0.05, 0.1) is 37.0 Å². The van der Waals surface area contributed by atoms with Crippen molar-refractivity contribution in [2.24, 2.45) is 0 Å². The highest BCUT2D eigenvalue weighted by Gasteiger charge is 2.34. The van der Waals surface area contributed by atoms with Crippen LogP contribution in [0.2, 0.25) is 0 Å². The number of aryl methyl sites for hydroxylation is 1. The molecule has 0 saturated carbocycles. The van der Waals surface area contributed by atoms with E-state index >= 15 is 0 Å². The predicted octanol–water partition coefficient (Wildman–Crippen LogP) is 3.81. The maximum Gasteiger partial charge on any atom is 0.401 e. The molecule has 1 aliphatic heterocycles. The first-order valence-corrected chi connectivity index (χ1v) is 13.7. The lowest BCUT2D eigenvalue weighted by molar-refractivity contribution is -0.149. The van der Waals surface area contributed by atoms with E-state index in [9.17, 15) is 22.8 Å². The molecule has 1 amide bonds. The number of H-pyrrole nitrogens is 2. The van der Waals surface area contributed by atoms with E-state index in [4.69, 9.17) is 4.74 Å². The second-order valence-corrected chi connectivity index (χ2v) is 10.6. The van der Waals surface area contributed by atoms with Crippen molar-refractivity contribution in [3.8, 4) is 17.0 Å². The Morgan fingerprint density at radius 3 is 2.55 bits per heavy atom. The van der Waals surface area contributed by atoms with Crippen molar-refractivity contribution in [3.63, 3.8) is 0 Å². The van der Waals surface area contributed by atoms with Crippen molar-refractivity contribution in [2.45, 2.75) is 39.5 Å². The lowest BCUT2D eigenvalue weighted by Gasteiger charge is -2.39. The van der Waals surface area contributed by atoms with Gasteiger partial charge in [-0.05, 0) is 50.6 Å². The Kier molecular flexibility index (Phi) is 8.15. The van der Waals surface area contributed by atoms with Gasteiger partial charge in [0.2, 0.25) is 0 Å². The Hall–Kier alpha value is -4.10. The summed E-state index contributed by atoms with van der Waals surface area (Å²) in [6, 6.07) is 7.10. The fraction of sp³-hybridized carbons (Fsp3) is 0.414. The zero-order valence-electron chi connectivity index (χ0n) is 23.9. The van der Waals surface area contributed by atoms with Gasteiger partial charge < -0.3 is 19.4 Å². The average molecular weight is 586 g/mol. The minimum atomic E-state index is -4.24. The molecule has 4 aromatic heterocycles. The molecule has 42 heavy (non-hydrogen) atoms. The summed E-state index contributed by atoms with van der Waals surface area (Å²) in [5, 5.41) is 9.92. The van der Waals surface area contributed by atoms with Crippen LogP contribution < -0.4 is 15.6 Å². The summed E-state index contributed by atoms with van der Waals surface area (Å²) < 4.78 is 46.3. The molecular formula is C29H34F3N7O3. The number of halogens is 3. The van der Waals surface area contributed by atoms with E-state index in [2.05, 4.69) is 25.4 Å². The van der Waals surface area contributed by atoms with Crippen molar-refractivity contribution in [2.75, 3.05) is 39.8 Å². The van der Waals surface area contributed by atoms with Crippen LogP contribution in [0.25, 0.3) is 16.8 Å². The van der Waals surface area contributed by atoms with Gasteiger partial charge in [0.15, 0.2) is 0 Å². The highest BCUT2D eigenvalue weighted by Crippen LogP contribution is 2.33. The average Bonchev–Trinajstić information content (AvgIpc) is 3.61. The molecule has 1 fully saturated rings. The number of carbonyl (C=O) groups is 1. The maximum absolute atomic E-state index is 13.7. The van der Waals surface area contributed by atoms with Crippen LogP contribution in [-0.4, -0.2) is 81.3 Å². The number of piperazine rings is 1. The number of aromatic amines is 2. The summed E-state index contributed by atoms with van der Waals surface area (Å²) in [6.07, 6.45) is -0.653. The zero-order chi connectivity index (χ0) is 30.2. The number of rotatable bonds is 8. The van der Waals surface area contributed by atoms with E-state index in [1.807, 2.05) is 42.6 Å². The lowest BCUT2D eigenvalue weighted by Crippen LogP contribution is -2.49. The molecule has 0 aliphatic carbocycles. The van der Waals surface area contributed by atoms with Crippen LogP contribution in [0.3, 0.4) is 0 Å². The number of hydrogen-bond acceptors (Lipinski definition) is 6. The van der Waals surface area contributed by atoms with Crippen LogP contribution in [0.1, 0.15) is 45.8 Å². The highest BCUT2D eigenvalue weighted by atomic mass is 19.4. The minimum Gasteiger partial charge on any atom is -0.496 e. The van der Waals surface area contributed by atoms with Crippen molar-refractivity contribution < 1.29 is 22.7 Å². The van der Waals surface area contributed by atoms with E-state index < -0.39 is 12.7 Å². The van der Waals surface area contributed by atoms with Gasteiger partial charge in [-0.1, -0.05) is 0 Å². The number of pyridine rings is 2. The Balaban J connectivity index is 1.49. The number of methoxy groups -OCH3 is 1. The van der Waals surface area contributed by atoms with Crippen LogP contribution in [-0.2, 0) is 6.54 Å². The number of fused-ring (bicyclic) bond motifs is 1. The van der Waals surface area contributed by atoms with Gasteiger partial charge in [0, 0.05) is 67.1 Å². The number of amides is 1. The van der Waals surface area contributed by atoms with E-state index in [0.717, 1.165) is 28.0 Å². The monoisotopic (exact) mass is 585 g/mol. The normalized spacial score (nSPS) is 15.7. The molecule has 224 valence electrons. The van der Waals surface area contributed by atoms with Crippen LogP contribution in [0.5, 0.6) is 5.75 Å². The fourth-order valence-electron chi connectivity index (χ4n) is 5.78. The topological polar surface area (TPSA) is 111 Å². The van der Waals surface area contributed by atoms with Gasteiger partial charge in [0.1, 0.15) is 5.75 Å². The molecule has 5 rings (SSSR count). The predicted molar refractivity (Wildman–Crippen MR) is 152 cm³/mol. The van der Waals surface area contributed by atoms with Crippen LogP contribution >= 0.6 is 0 Å². The standard InChI is InChI=1S/C29H34F3N7O3/c1-17-13-25(42-4)22(28(41)35-17)15-33-27(40)21-14-24-20(23-5-7-34-36-23)6-8-39(24)26(18(21)2)19(3)38-11-9-37(10-12-38)16-29(30,31)32/h5-8,13-14,19H,9-12,15-16H2,1-4H3,(H,33,40)(H,34,36)(H,35,41)/t19-/m0/s1. The molecular weight excluding hydrogens is 551 g/mol. The number of carbonyl (C=O) groups excluding carboxylic acids is 1. The Morgan fingerprint density at radius 1 is 1.17 bits per heavy atom. The molecule has 0 radical (unpaired) electrons. The van der Waals surface area contributed by atoms with Gasteiger partial charge in [-0.3, -0.25) is 24.5 Å². The molecule has 1 atom stereocenters. The van der Waals surface area contributed by atoms with Crippen LogP contribution in [0.4, 0.5) is 13.2 Å². The number of alkyl halides is 3. The van der Waals surface area contributed by atoms with E-state index in [1.165, 1.54) is 12.0 Å².